The molecule has 0 bridgehead atoms. The van der Waals surface area contributed by atoms with E-state index in [1.807, 2.05) is 18.2 Å². The molecule has 2 saturated heterocycles. The van der Waals surface area contributed by atoms with E-state index in [-0.39, 0.29) is 11.1 Å². The minimum absolute atomic E-state index is 0.211. The highest BCUT2D eigenvalue weighted by molar-refractivity contribution is 14.1. The third kappa shape index (κ3) is 2.93. The van der Waals surface area contributed by atoms with Crippen molar-refractivity contribution in [2.24, 2.45) is 11.8 Å². The molecule has 3 atom stereocenters. The molecule has 8 heteroatoms. The number of rotatable bonds is 3. The lowest BCUT2D eigenvalue weighted by molar-refractivity contribution is -0.127. The van der Waals surface area contributed by atoms with E-state index in [9.17, 15) is 19.2 Å². The van der Waals surface area contributed by atoms with Crippen LogP contribution in [-0.2, 0) is 14.3 Å². The summed E-state index contributed by atoms with van der Waals surface area (Å²) in [4.78, 5) is 56.3. The fourth-order valence-corrected chi connectivity index (χ4v) is 6.05. The van der Waals surface area contributed by atoms with Crippen LogP contribution in [0.3, 0.4) is 0 Å². The van der Waals surface area contributed by atoms with E-state index in [0.29, 0.717) is 17.0 Å². The van der Waals surface area contributed by atoms with Gasteiger partial charge >= 0.3 is 0 Å². The van der Waals surface area contributed by atoms with E-state index >= 15 is 0 Å². The number of ketones is 2. The molecule has 1 aliphatic carbocycles. The van der Waals surface area contributed by atoms with E-state index in [4.69, 9.17) is 9.47 Å². The topological polar surface area (TPSA) is 90.0 Å². The highest BCUT2D eigenvalue weighted by Gasteiger charge is 2.74. The van der Waals surface area contributed by atoms with Crippen LogP contribution in [0.4, 0.5) is 5.69 Å². The number of benzene rings is 3. The van der Waals surface area contributed by atoms with Crippen LogP contribution in [0.5, 0.6) is 5.75 Å². The summed E-state index contributed by atoms with van der Waals surface area (Å²) in [7, 11) is 1.52. The average molecular weight is 579 g/mol. The number of Topliss-reactive ketones (excluding diaryl/α,β-unsaturated/α-hetero) is 2. The fraction of sp³-hybridized carbons (Fsp3) is 0.185. The van der Waals surface area contributed by atoms with Gasteiger partial charge in [-0.05, 0) is 64.6 Å². The number of methoxy groups -OCH3 is 1. The monoisotopic (exact) mass is 579 g/mol. The maximum absolute atomic E-state index is 13.9. The van der Waals surface area contributed by atoms with E-state index in [1.165, 1.54) is 7.11 Å². The normalized spacial score (nSPS) is 24.3. The van der Waals surface area contributed by atoms with Gasteiger partial charge in [0.05, 0.1) is 30.7 Å². The van der Waals surface area contributed by atoms with Gasteiger partial charge in [0.15, 0.2) is 0 Å². The average Bonchev–Trinajstić information content (AvgIpc) is 3.44. The number of anilines is 1. The van der Waals surface area contributed by atoms with Crippen molar-refractivity contribution < 1.29 is 28.7 Å². The number of amides is 2. The van der Waals surface area contributed by atoms with Crippen molar-refractivity contribution in [1.82, 2.24) is 0 Å². The number of imide groups is 1. The molecular weight excluding hydrogens is 561 g/mol. The molecule has 2 aliphatic heterocycles. The van der Waals surface area contributed by atoms with Gasteiger partial charge in [0.1, 0.15) is 5.75 Å². The zero-order valence-electron chi connectivity index (χ0n) is 18.4. The van der Waals surface area contributed by atoms with Crippen LogP contribution in [0.25, 0.3) is 0 Å². The van der Waals surface area contributed by atoms with Gasteiger partial charge in [-0.25, -0.2) is 4.90 Å². The molecule has 2 amide bonds. The van der Waals surface area contributed by atoms with Crippen molar-refractivity contribution in [3.63, 3.8) is 0 Å². The summed E-state index contributed by atoms with van der Waals surface area (Å²) in [5.41, 5.74) is -0.667. The standard InChI is InChI=1S/C27H18INO6/c1-34-17-11-9-16(10-12-17)29-25(32)20-21(26(29)33)27(35-22(20)14-5-4-6-15(28)13-14)23(30)18-7-2-3-8-19(18)24(27)31/h2-13,20-22H,1H3/t20-,21-,22+/m0/s1. The third-order valence-electron chi connectivity index (χ3n) is 7.03. The molecule has 6 rings (SSSR count). The van der Waals surface area contributed by atoms with Gasteiger partial charge in [-0.1, -0.05) is 36.4 Å². The zero-order valence-corrected chi connectivity index (χ0v) is 20.6. The smallest absolute Gasteiger partial charge is 0.241 e. The predicted molar refractivity (Wildman–Crippen MR) is 133 cm³/mol. The van der Waals surface area contributed by atoms with Gasteiger partial charge in [0.2, 0.25) is 29.0 Å². The first-order valence-corrected chi connectivity index (χ1v) is 12.1. The Balaban J connectivity index is 1.53. The van der Waals surface area contributed by atoms with Crippen LogP contribution in [0, 0.1) is 15.4 Å². The Morgan fingerprint density at radius 2 is 1.51 bits per heavy atom. The Morgan fingerprint density at radius 1 is 0.857 bits per heavy atom. The number of hydrogen-bond donors (Lipinski definition) is 0. The molecule has 0 radical (unpaired) electrons. The Hall–Kier alpha value is -3.37. The molecular formula is C27H18INO6. The summed E-state index contributed by atoms with van der Waals surface area (Å²) in [6.07, 6.45) is -0.934. The summed E-state index contributed by atoms with van der Waals surface area (Å²) in [5, 5.41) is 0. The Bertz CT molecular complexity index is 1400. The first-order chi connectivity index (χ1) is 16.9. The molecule has 35 heavy (non-hydrogen) atoms. The second kappa shape index (κ2) is 7.82. The molecule has 3 aromatic rings. The predicted octanol–water partition coefficient (Wildman–Crippen LogP) is 3.99. The van der Waals surface area contributed by atoms with Crippen molar-refractivity contribution in [3.05, 3.63) is 93.1 Å². The maximum Gasteiger partial charge on any atom is 0.241 e. The molecule has 0 N–H and O–H groups in total. The van der Waals surface area contributed by atoms with E-state index in [1.54, 1.807) is 54.6 Å². The molecule has 174 valence electrons. The van der Waals surface area contributed by atoms with Crippen LogP contribution in [0.15, 0.2) is 72.8 Å². The first kappa shape index (κ1) is 22.1. The fourth-order valence-electron chi connectivity index (χ4n) is 5.49. The highest BCUT2D eigenvalue weighted by atomic mass is 127. The van der Waals surface area contributed by atoms with Crippen molar-refractivity contribution in [2.75, 3.05) is 12.0 Å². The SMILES string of the molecule is COc1ccc(N2C(=O)[C@@H]3[C@@H](c4cccc(I)c4)OC4(C(=O)c5ccccc5C4=O)[C@@H]3C2=O)cc1. The molecule has 0 unspecified atom stereocenters. The molecule has 1 spiro atoms. The molecule has 2 fully saturated rings. The van der Waals surface area contributed by atoms with Gasteiger partial charge in [-0.15, -0.1) is 0 Å². The van der Waals surface area contributed by atoms with Gasteiger partial charge < -0.3 is 9.47 Å². The maximum atomic E-state index is 13.9. The van der Waals surface area contributed by atoms with Gasteiger partial charge in [0, 0.05) is 14.7 Å². The quantitative estimate of drug-likeness (QED) is 0.265. The molecule has 7 nitrogen and oxygen atoms in total. The molecule has 2 heterocycles. The molecule has 3 aliphatic rings. The Morgan fingerprint density at radius 3 is 2.11 bits per heavy atom. The zero-order chi connectivity index (χ0) is 24.5. The summed E-state index contributed by atoms with van der Waals surface area (Å²) in [5.74, 6) is -3.98. The van der Waals surface area contributed by atoms with Gasteiger partial charge in [-0.2, -0.15) is 0 Å². The number of carbonyl (C=O) groups is 4. The van der Waals surface area contributed by atoms with Crippen molar-refractivity contribution >= 4 is 51.7 Å². The number of nitrogens with zero attached hydrogens (tertiary/aromatic N) is 1. The summed E-state index contributed by atoms with van der Waals surface area (Å²) >= 11 is 2.15. The minimum Gasteiger partial charge on any atom is -0.497 e. The lowest BCUT2D eigenvalue weighted by Gasteiger charge is -2.27. The van der Waals surface area contributed by atoms with Crippen LogP contribution >= 0.6 is 22.6 Å². The third-order valence-corrected chi connectivity index (χ3v) is 7.70. The lowest BCUT2D eigenvalue weighted by atomic mass is 9.77. The second-order valence-corrected chi connectivity index (χ2v) is 9.99. The first-order valence-electron chi connectivity index (χ1n) is 11.0. The number of ether oxygens (including phenoxy) is 2. The van der Waals surface area contributed by atoms with Crippen LogP contribution in [-0.4, -0.2) is 36.1 Å². The highest BCUT2D eigenvalue weighted by Crippen LogP contribution is 2.57. The lowest BCUT2D eigenvalue weighted by Crippen LogP contribution is -2.51. The van der Waals surface area contributed by atoms with E-state index in [0.717, 1.165) is 8.47 Å². The summed E-state index contributed by atoms with van der Waals surface area (Å²) in [6, 6.07) is 20.3. The van der Waals surface area contributed by atoms with Gasteiger partial charge in [0.25, 0.3) is 0 Å². The second-order valence-electron chi connectivity index (χ2n) is 8.75. The molecule has 0 aromatic heterocycles. The van der Waals surface area contributed by atoms with Crippen LogP contribution in [0.2, 0.25) is 0 Å². The van der Waals surface area contributed by atoms with Crippen LogP contribution in [0.1, 0.15) is 32.4 Å². The van der Waals surface area contributed by atoms with Crippen molar-refractivity contribution in [2.45, 2.75) is 11.7 Å². The number of hydrogen-bond acceptors (Lipinski definition) is 6. The largest absolute Gasteiger partial charge is 0.497 e. The summed E-state index contributed by atoms with van der Waals surface area (Å²) < 4.78 is 12.4. The van der Waals surface area contributed by atoms with E-state index in [2.05, 4.69) is 22.6 Å². The number of carbonyl (C=O) groups excluding carboxylic acids is 4. The summed E-state index contributed by atoms with van der Waals surface area (Å²) in [6.45, 7) is 0. The molecule has 0 saturated carbocycles. The molecule has 3 aromatic carbocycles. The van der Waals surface area contributed by atoms with E-state index < -0.39 is 46.9 Å². The van der Waals surface area contributed by atoms with Crippen molar-refractivity contribution in [1.29, 1.82) is 0 Å². The Kier molecular flexibility index (Phi) is 4.94. The number of halogens is 1. The van der Waals surface area contributed by atoms with Crippen molar-refractivity contribution in [3.8, 4) is 5.75 Å². The Labute approximate surface area is 214 Å². The van der Waals surface area contributed by atoms with Gasteiger partial charge in [-0.3, -0.25) is 19.2 Å². The van der Waals surface area contributed by atoms with Crippen LogP contribution < -0.4 is 9.64 Å². The number of fused-ring (bicyclic) bond motifs is 3. The minimum atomic E-state index is -2.08.